The topological polar surface area (TPSA) is 146 Å². The molecule has 0 bridgehead atoms. The number of aromatic nitrogens is 3. The molecule has 0 fully saturated rings. The van der Waals surface area contributed by atoms with Gasteiger partial charge in [-0.25, -0.2) is 27.5 Å². The molecule has 194 valence electrons. The Kier molecular flexibility index (Phi) is 6.28. The van der Waals surface area contributed by atoms with Gasteiger partial charge in [0.25, 0.3) is 11.8 Å². The normalized spacial score (nSPS) is 16.3. The summed E-state index contributed by atoms with van der Waals surface area (Å²) in [5, 5.41) is 28.6. The fourth-order valence-corrected chi connectivity index (χ4v) is 4.30. The van der Waals surface area contributed by atoms with Gasteiger partial charge < -0.3 is 20.8 Å². The predicted octanol–water partition coefficient (Wildman–Crippen LogP) is 2.16. The van der Waals surface area contributed by atoms with Crippen LogP contribution in [-0.4, -0.2) is 48.7 Å². The van der Waals surface area contributed by atoms with Crippen LogP contribution in [-0.2, 0) is 13.0 Å². The van der Waals surface area contributed by atoms with E-state index in [2.05, 4.69) is 20.7 Å². The third-order valence-corrected chi connectivity index (χ3v) is 6.16. The molecule has 0 saturated heterocycles. The highest BCUT2D eigenvalue weighted by Gasteiger charge is 2.34. The molecule has 0 saturated carbocycles. The Hall–Kier alpha value is -4.78. The van der Waals surface area contributed by atoms with E-state index in [4.69, 9.17) is 0 Å². The Morgan fingerprint density at radius 2 is 1.79 bits per heavy atom. The van der Waals surface area contributed by atoms with Crippen LogP contribution in [0, 0.1) is 17.5 Å². The first-order valence-electron chi connectivity index (χ1n) is 11.2. The van der Waals surface area contributed by atoms with E-state index in [0.29, 0.717) is 11.1 Å². The van der Waals surface area contributed by atoms with Crippen LogP contribution in [0.2, 0.25) is 0 Å². The molecule has 1 aliphatic rings. The maximum Gasteiger partial charge on any atom is 0.335 e. The van der Waals surface area contributed by atoms with Gasteiger partial charge in [-0.15, -0.1) is 0 Å². The molecule has 2 aromatic carbocycles. The number of benzene rings is 2. The van der Waals surface area contributed by atoms with E-state index in [9.17, 15) is 37.8 Å². The Labute approximate surface area is 211 Å². The molecule has 1 aliphatic carbocycles. The molecule has 13 heteroatoms. The van der Waals surface area contributed by atoms with Crippen LogP contribution in [0.15, 0.2) is 48.7 Å². The zero-order chi connectivity index (χ0) is 27.1. The van der Waals surface area contributed by atoms with Gasteiger partial charge in [0.2, 0.25) is 0 Å². The molecule has 5 rings (SSSR count). The van der Waals surface area contributed by atoms with E-state index < -0.39 is 53.0 Å². The SMILES string of the molecule is O=C(O)c1ccc2c(c1)C[C@H](O)[C@@H]2NC(=O)c1cc(C(=O)NCc2ccc(F)c(F)c2)nc2c(F)cnn12. The number of hydrogen-bond acceptors (Lipinski definition) is 6. The van der Waals surface area contributed by atoms with Gasteiger partial charge in [0.15, 0.2) is 23.1 Å². The van der Waals surface area contributed by atoms with Crippen LogP contribution in [0.1, 0.15) is 54.1 Å². The monoisotopic (exact) mass is 525 g/mol. The average Bonchev–Trinajstić information content (AvgIpc) is 3.42. The third kappa shape index (κ3) is 4.54. The molecule has 0 radical (unpaired) electrons. The molecule has 4 N–H and O–H groups in total. The largest absolute Gasteiger partial charge is 0.478 e. The maximum atomic E-state index is 14.4. The number of hydrogen-bond donors (Lipinski definition) is 4. The van der Waals surface area contributed by atoms with E-state index >= 15 is 0 Å². The summed E-state index contributed by atoms with van der Waals surface area (Å²) in [6.07, 6.45) is -0.153. The smallest absolute Gasteiger partial charge is 0.335 e. The maximum absolute atomic E-state index is 14.4. The van der Waals surface area contributed by atoms with Crippen molar-refractivity contribution in [2.24, 2.45) is 0 Å². The quantitative estimate of drug-likeness (QED) is 0.302. The summed E-state index contributed by atoms with van der Waals surface area (Å²) in [4.78, 5) is 41.2. The van der Waals surface area contributed by atoms with Gasteiger partial charge in [-0.1, -0.05) is 12.1 Å². The van der Waals surface area contributed by atoms with Crippen molar-refractivity contribution in [3.63, 3.8) is 0 Å². The lowest BCUT2D eigenvalue weighted by atomic mass is 10.0. The zero-order valence-electron chi connectivity index (χ0n) is 19.3. The van der Waals surface area contributed by atoms with Gasteiger partial charge in [-0.3, -0.25) is 9.59 Å². The van der Waals surface area contributed by atoms with Crippen LogP contribution in [0.5, 0.6) is 0 Å². The number of carbonyl (C=O) groups excluding carboxylic acids is 2. The van der Waals surface area contributed by atoms with E-state index in [0.717, 1.165) is 28.9 Å². The first-order chi connectivity index (χ1) is 18.1. The number of rotatable bonds is 6. The van der Waals surface area contributed by atoms with Crippen LogP contribution in [0.3, 0.4) is 0 Å². The van der Waals surface area contributed by atoms with Crippen LogP contribution < -0.4 is 10.6 Å². The molecule has 2 amide bonds. The first kappa shape index (κ1) is 24.9. The summed E-state index contributed by atoms with van der Waals surface area (Å²) in [7, 11) is 0. The van der Waals surface area contributed by atoms with E-state index in [1.807, 2.05) is 0 Å². The lowest BCUT2D eigenvalue weighted by Crippen LogP contribution is -2.35. The molecule has 2 aromatic heterocycles. The van der Waals surface area contributed by atoms with Gasteiger partial charge in [-0.05, 0) is 41.0 Å². The highest BCUT2D eigenvalue weighted by Crippen LogP contribution is 2.32. The second kappa shape index (κ2) is 9.59. The van der Waals surface area contributed by atoms with Crippen molar-refractivity contribution in [3.8, 4) is 0 Å². The summed E-state index contributed by atoms with van der Waals surface area (Å²) >= 11 is 0. The summed E-state index contributed by atoms with van der Waals surface area (Å²) < 4.78 is 41.9. The van der Waals surface area contributed by atoms with E-state index in [-0.39, 0.29) is 35.5 Å². The molecule has 2 atom stereocenters. The van der Waals surface area contributed by atoms with Gasteiger partial charge in [0, 0.05) is 19.0 Å². The fraction of sp³-hybridized carbons (Fsp3) is 0.160. The summed E-state index contributed by atoms with van der Waals surface area (Å²) in [6.45, 7) is -0.199. The minimum absolute atomic E-state index is 0.0322. The average molecular weight is 525 g/mol. The van der Waals surface area contributed by atoms with Crippen molar-refractivity contribution in [1.82, 2.24) is 25.2 Å². The number of aliphatic hydroxyl groups excluding tert-OH is 1. The van der Waals surface area contributed by atoms with Crippen LogP contribution >= 0.6 is 0 Å². The number of fused-ring (bicyclic) bond motifs is 2. The number of nitrogens with one attached hydrogen (secondary N) is 2. The number of nitrogens with zero attached hydrogens (tertiary/aromatic N) is 3. The second-order valence-corrected chi connectivity index (χ2v) is 8.63. The van der Waals surface area contributed by atoms with Crippen molar-refractivity contribution < 1.29 is 37.8 Å². The number of carboxylic acids is 1. The van der Waals surface area contributed by atoms with Crippen molar-refractivity contribution in [3.05, 3.63) is 99.8 Å². The van der Waals surface area contributed by atoms with E-state index in [1.54, 1.807) is 0 Å². The number of aliphatic hydroxyl groups is 1. The fourth-order valence-electron chi connectivity index (χ4n) is 4.30. The van der Waals surface area contributed by atoms with Crippen molar-refractivity contribution in [2.75, 3.05) is 0 Å². The molecule has 2 heterocycles. The zero-order valence-corrected chi connectivity index (χ0v) is 19.3. The second-order valence-electron chi connectivity index (χ2n) is 8.63. The molecule has 4 aromatic rings. The van der Waals surface area contributed by atoms with Crippen LogP contribution in [0.25, 0.3) is 5.65 Å². The number of amides is 2. The number of carbonyl (C=O) groups is 3. The minimum Gasteiger partial charge on any atom is -0.478 e. The Balaban J connectivity index is 1.41. The van der Waals surface area contributed by atoms with Gasteiger partial charge in [-0.2, -0.15) is 5.10 Å². The van der Waals surface area contributed by atoms with Crippen molar-refractivity contribution >= 4 is 23.4 Å². The molecular formula is C25H18F3N5O5. The highest BCUT2D eigenvalue weighted by molar-refractivity contribution is 5.98. The minimum atomic E-state index is -1.13. The van der Waals surface area contributed by atoms with Gasteiger partial charge >= 0.3 is 5.97 Å². The Morgan fingerprint density at radius 1 is 1.00 bits per heavy atom. The number of halogens is 3. The predicted molar refractivity (Wildman–Crippen MR) is 124 cm³/mol. The third-order valence-electron chi connectivity index (χ3n) is 6.16. The van der Waals surface area contributed by atoms with Crippen LogP contribution in [0.4, 0.5) is 13.2 Å². The molecule has 0 spiro atoms. The number of carboxylic acid groups (broad SMARTS) is 1. The van der Waals surface area contributed by atoms with E-state index in [1.165, 1.54) is 24.3 Å². The van der Waals surface area contributed by atoms with Crippen molar-refractivity contribution in [2.45, 2.75) is 25.1 Å². The van der Waals surface area contributed by atoms with Gasteiger partial charge in [0.1, 0.15) is 11.4 Å². The molecule has 0 unspecified atom stereocenters. The first-order valence-corrected chi connectivity index (χ1v) is 11.2. The lowest BCUT2D eigenvalue weighted by molar-refractivity contribution is 0.0696. The Morgan fingerprint density at radius 3 is 2.53 bits per heavy atom. The highest BCUT2D eigenvalue weighted by atomic mass is 19.2. The molecular weight excluding hydrogens is 507 g/mol. The summed E-state index contributed by atoms with van der Waals surface area (Å²) in [5.41, 5.74) is 0.329. The standard InChI is InChI=1S/C25H18F3N5O5/c26-15-4-1-11(5-16(15)27)9-29-23(35)18-8-19(33-22(31-18)17(28)10-30-33)24(36)32-21-14-3-2-12(25(37)38)6-13(14)7-20(21)34/h1-6,8,10,20-21,34H,7,9H2,(H,29,35)(H,32,36)(H,37,38)/t20-,21+/m0/s1. The summed E-state index contributed by atoms with van der Waals surface area (Å²) in [6, 6.07) is 7.51. The molecule has 10 nitrogen and oxygen atoms in total. The summed E-state index contributed by atoms with van der Waals surface area (Å²) in [5.74, 6) is -5.80. The molecule has 38 heavy (non-hydrogen) atoms. The van der Waals surface area contributed by atoms with Crippen molar-refractivity contribution in [1.29, 1.82) is 0 Å². The Bertz CT molecular complexity index is 1620. The van der Waals surface area contributed by atoms with Gasteiger partial charge in [0.05, 0.1) is 23.9 Å². The lowest BCUT2D eigenvalue weighted by Gasteiger charge is -2.18. The number of aromatic carboxylic acids is 1. The molecule has 0 aliphatic heterocycles.